The number of thiazole rings is 1. The predicted molar refractivity (Wildman–Crippen MR) is 96.2 cm³/mol. The topological polar surface area (TPSA) is 73.0 Å². The summed E-state index contributed by atoms with van der Waals surface area (Å²) in [5, 5.41) is 7.60. The average molecular weight is 403 g/mol. The number of aryl methyl sites for hydroxylation is 1. The number of halogens is 1. The van der Waals surface area contributed by atoms with Crippen molar-refractivity contribution in [3.05, 3.63) is 52.8 Å². The van der Waals surface area contributed by atoms with Crippen LogP contribution in [0.25, 0.3) is 21.0 Å². The number of aromatic nitrogens is 3. The van der Waals surface area contributed by atoms with Crippen LogP contribution < -0.4 is 5.32 Å². The number of para-hydroxylation sites is 1. The number of furan rings is 1. The first-order chi connectivity index (χ1) is 11.6. The van der Waals surface area contributed by atoms with E-state index in [2.05, 4.69) is 31.3 Å². The molecule has 3 heterocycles. The van der Waals surface area contributed by atoms with Crippen molar-refractivity contribution in [2.45, 2.75) is 0 Å². The molecule has 0 unspecified atom stereocenters. The first-order valence-electron chi connectivity index (χ1n) is 7.07. The Hall–Kier alpha value is -2.45. The third-order valence-corrected chi connectivity index (χ3v) is 5.19. The van der Waals surface area contributed by atoms with Crippen LogP contribution in [0.5, 0.6) is 0 Å². The highest BCUT2D eigenvalue weighted by atomic mass is 79.9. The van der Waals surface area contributed by atoms with Crippen molar-refractivity contribution in [2.75, 3.05) is 5.32 Å². The van der Waals surface area contributed by atoms with Gasteiger partial charge in [0.15, 0.2) is 22.3 Å². The number of fused-ring (bicyclic) bond motifs is 1. The van der Waals surface area contributed by atoms with E-state index >= 15 is 0 Å². The van der Waals surface area contributed by atoms with Crippen molar-refractivity contribution < 1.29 is 9.21 Å². The monoisotopic (exact) mass is 402 g/mol. The van der Waals surface area contributed by atoms with E-state index in [9.17, 15) is 4.79 Å². The molecule has 6 nitrogen and oxygen atoms in total. The zero-order valence-electron chi connectivity index (χ0n) is 12.5. The summed E-state index contributed by atoms with van der Waals surface area (Å²) in [4.78, 5) is 16.8. The second-order valence-electron chi connectivity index (χ2n) is 5.08. The van der Waals surface area contributed by atoms with Crippen LogP contribution in [-0.4, -0.2) is 20.7 Å². The molecule has 1 aromatic carbocycles. The van der Waals surface area contributed by atoms with Crippen LogP contribution in [-0.2, 0) is 7.05 Å². The highest BCUT2D eigenvalue weighted by Crippen LogP contribution is 2.31. The fraction of sp³-hybridized carbons (Fsp3) is 0.0625. The Balaban J connectivity index is 1.58. The van der Waals surface area contributed by atoms with Gasteiger partial charge in [0, 0.05) is 13.1 Å². The molecule has 1 amide bonds. The van der Waals surface area contributed by atoms with Crippen LogP contribution in [0.2, 0.25) is 0 Å². The molecule has 0 aliphatic carbocycles. The van der Waals surface area contributed by atoms with Crippen molar-refractivity contribution in [3.63, 3.8) is 0 Å². The summed E-state index contributed by atoms with van der Waals surface area (Å²) in [6.07, 6.45) is 0. The molecule has 1 N–H and O–H groups in total. The quantitative estimate of drug-likeness (QED) is 0.554. The number of hydrogen-bond acceptors (Lipinski definition) is 5. The zero-order valence-corrected chi connectivity index (χ0v) is 14.9. The van der Waals surface area contributed by atoms with E-state index in [4.69, 9.17) is 4.42 Å². The van der Waals surface area contributed by atoms with Gasteiger partial charge in [0.05, 0.1) is 10.2 Å². The van der Waals surface area contributed by atoms with Crippen molar-refractivity contribution in [3.8, 4) is 10.8 Å². The van der Waals surface area contributed by atoms with Crippen molar-refractivity contribution in [1.29, 1.82) is 0 Å². The smallest absolute Gasteiger partial charge is 0.292 e. The van der Waals surface area contributed by atoms with Gasteiger partial charge in [-0.25, -0.2) is 4.98 Å². The lowest BCUT2D eigenvalue weighted by Crippen LogP contribution is -2.11. The van der Waals surface area contributed by atoms with Crippen LogP contribution in [0.3, 0.4) is 0 Å². The normalized spacial score (nSPS) is 11.1. The van der Waals surface area contributed by atoms with Gasteiger partial charge < -0.3 is 9.73 Å². The number of anilines is 1. The molecule has 120 valence electrons. The Morgan fingerprint density at radius 1 is 1.29 bits per heavy atom. The fourth-order valence-electron chi connectivity index (χ4n) is 2.24. The van der Waals surface area contributed by atoms with Gasteiger partial charge in [0.25, 0.3) is 5.91 Å². The first kappa shape index (κ1) is 15.1. The third kappa shape index (κ3) is 2.74. The maximum atomic E-state index is 12.3. The largest absolute Gasteiger partial charge is 0.448 e. The molecular formula is C16H11BrN4O2S. The molecular weight excluding hydrogens is 392 g/mol. The van der Waals surface area contributed by atoms with Crippen LogP contribution >= 0.6 is 27.3 Å². The maximum absolute atomic E-state index is 12.3. The second-order valence-corrected chi connectivity index (χ2v) is 6.92. The number of rotatable bonds is 3. The van der Waals surface area contributed by atoms with Crippen LogP contribution in [0.15, 0.2) is 51.5 Å². The Morgan fingerprint density at radius 3 is 2.88 bits per heavy atom. The van der Waals surface area contributed by atoms with Crippen LogP contribution in [0.1, 0.15) is 10.6 Å². The number of nitrogens with one attached hydrogen (secondary N) is 1. The second kappa shape index (κ2) is 5.88. The molecule has 4 rings (SSSR count). The van der Waals surface area contributed by atoms with Crippen molar-refractivity contribution in [2.24, 2.45) is 7.05 Å². The van der Waals surface area contributed by atoms with Crippen molar-refractivity contribution >= 4 is 49.2 Å². The summed E-state index contributed by atoms with van der Waals surface area (Å²) < 4.78 is 9.12. The first-order valence-corrected chi connectivity index (χ1v) is 8.68. The van der Waals surface area contributed by atoms with Gasteiger partial charge in [-0.15, -0.1) is 11.3 Å². The summed E-state index contributed by atoms with van der Waals surface area (Å²) in [7, 11) is 1.78. The number of amides is 1. The molecule has 0 fully saturated rings. The lowest BCUT2D eigenvalue weighted by Gasteiger charge is -1.97. The Kier molecular flexibility index (Phi) is 3.70. The average Bonchev–Trinajstić information content (AvgIpc) is 3.26. The summed E-state index contributed by atoms with van der Waals surface area (Å²) in [6.45, 7) is 0. The number of carbonyl (C=O) groups is 1. The van der Waals surface area contributed by atoms with Gasteiger partial charge in [-0.05, 0) is 40.2 Å². The van der Waals surface area contributed by atoms with Gasteiger partial charge >= 0.3 is 0 Å². The van der Waals surface area contributed by atoms with Gasteiger partial charge in [-0.2, -0.15) is 5.10 Å². The van der Waals surface area contributed by atoms with Gasteiger partial charge in [-0.1, -0.05) is 12.1 Å². The Labute approximate surface area is 149 Å². The van der Waals surface area contributed by atoms with E-state index in [0.717, 1.165) is 19.8 Å². The van der Waals surface area contributed by atoms with E-state index in [1.807, 2.05) is 24.3 Å². The van der Waals surface area contributed by atoms with E-state index in [1.165, 1.54) is 11.3 Å². The molecule has 0 saturated carbocycles. The molecule has 0 bridgehead atoms. The van der Waals surface area contributed by atoms with Crippen molar-refractivity contribution in [1.82, 2.24) is 14.8 Å². The number of benzene rings is 1. The minimum absolute atomic E-state index is 0.214. The van der Waals surface area contributed by atoms with E-state index < -0.39 is 0 Å². The standard InChI is InChI=1S/C16H11BrN4O2S/c1-21-13(17)8-14(20-21)19-15(22)10-6-7-11(23-10)16-18-9-4-2-3-5-12(9)24-16/h2-8H,1H3,(H,19,20,22). The van der Waals surface area contributed by atoms with Crippen LogP contribution in [0, 0.1) is 0 Å². The van der Waals surface area contributed by atoms with Gasteiger partial charge in [0.2, 0.25) is 0 Å². The minimum atomic E-state index is -0.354. The molecule has 0 saturated heterocycles. The summed E-state index contributed by atoms with van der Waals surface area (Å²) >= 11 is 4.86. The van der Waals surface area contributed by atoms with Gasteiger partial charge in [0.1, 0.15) is 4.60 Å². The summed E-state index contributed by atoms with van der Waals surface area (Å²) in [6, 6.07) is 13.0. The lowest BCUT2D eigenvalue weighted by atomic mass is 10.3. The number of hydrogen-bond donors (Lipinski definition) is 1. The highest BCUT2D eigenvalue weighted by Gasteiger charge is 2.16. The predicted octanol–water partition coefficient (Wildman–Crippen LogP) is 4.30. The van der Waals surface area contributed by atoms with E-state index in [-0.39, 0.29) is 11.7 Å². The molecule has 0 atom stereocenters. The lowest BCUT2D eigenvalue weighted by molar-refractivity contribution is 0.0997. The molecule has 4 aromatic rings. The summed E-state index contributed by atoms with van der Waals surface area (Å²) in [5.41, 5.74) is 0.915. The molecule has 0 spiro atoms. The van der Waals surface area contributed by atoms with E-state index in [0.29, 0.717) is 11.6 Å². The number of nitrogens with zero attached hydrogens (tertiary/aromatic N) is 3. The van der Waals surface area contributed by atoms with Crippen LogP contribution in [0.4, 0.5) is 5.82 Å². The van der Waals surface area contributed by atoms with E-state index in [1.54, 1.807) is 29.9 Å². The molecule has 3 aromatic heterocycles. The zero-order chi connectivity index (χ0) is 16.7. The number of carbonyl (C=O) groups excluding carboxylic acids is 1. The maximum Gasteiger partial charge on any atom is 0.292 e. The third-order valence-electron chi connectivity index (χ3n) is 3.40. The Bertz CT molecular complexity index is 997. The highest BCUT2D eigenvalue weighted by molar-refractivity contribution is 9.10. The minimum Gasteiger partial charge on any atom is -0.448 e. The molecule has 0 aliphatic rings. The summed E-state index contributed by atoms with van der Waals surface area (Å²) in [5.74, 6) is 0.884. The van der Waals surface area contributed by atoms with Gasteiger partial charge in [-0.3, -0.25) is 9.48 Å². The molecule has 8 heteroatoms. The molecule has 24 heavy (non-hydrogen) atoms. The fourth-order valence-corrected chi connectivity index (χ4v) is 3.46. The molecule has 0 aliphatic heterocycles. The SMILES string of the molecule is Cn1nc(NC(=O)c2ccc(-c3nc4ccccc4s3)o2)cc1Br. The molecule has 0 radical (unpaired) electrons. The Morgan fingerprint density at radius 2 is 2.12 bits per heavy atom.